The zero-order valence-electron chi connectivity index (χ0n) is 12.2. The van der Waals surface area contributed by atoms with E-state index in [0.29, 0.717) is 17.7 Å². The lowest BCUT2D eigenvalue weighted by Gasteiger charge is -2.36. The number of fused-ring (bicyclic) bond motifs is 2. The molecular weight excluding hydrogens is 264 g/mol. The second kappa shape index (κ2) is 4.84. The molecular formula is C16H20N4O. The van der Waals surface area contributed by atoms with Crippen LogP contribution in [0.3, 0.4) is 0 Å². The summed E-state index contributed by atoms with van der Waals surface area (Å²) in [6, 6.07) is 8.29. The summed E-state index contributed by atoms with van der Waals surface area (Å²) in [4.78, 5) is 15.0. The van der Waals surface area contributed by atoms with Gasteiger partial charge in [-0.25, -0.2) is 0 Å². The Kier molecular flexibility index (Phi) is 2.96. The third kappa shape index (κ3) is 1.95. The first-order valence-electron chi connectivity index (χ1n) is 7.69. The van der Waals surface area contributed by atoms with Gasteiger partial charge in [0, 0.05) is 38.1 Å². The topological polar surface area (TPSA) is 50.2 Å². The number of hydrogen-bond donors (Lipinski definition) is 1. The number of nitrogens with one attached hydrogen (secondary N) is 1. The Morgan fingerprint density at radius 1 is 1.33 bits per heavy atom. The van der Waals surface area contributed by atoms with Gasteiger partial charge in [0.15, 0.2) is 5.69 Å². The molecule has 0 spiro atoms. The van der Waals surface area contributed by atoms with Crippen LogP contribution >= 0.6 is 0 Å². The maximum Gasteiger partial charge on any atom is 0.275 e. The summed E-state index contributed by atoms with van der Waals surface area (Å²) < 4.78 is 1.80. The average Bonchev–Trinajstić information content (AvgIpc) is 3.11. The molecule has 2 aromatic rings. The number of benzene rings is 1. The van der Waals surface area contributed by atoms with Crippen LogP contribution in [0.5, 0.6) is 0 Å². The predicted molar refractivity (Wildman–Crippen MR) is 81.1 cm³/mol. The standard InChI is InChI=1S/C16H20N4O/c1-19-13-7-3-2-6-12(13)15(18-19)16(21)20-8-4-5-11-9-17-10-14(11)20/h2-3,6-7,11,14,17H,4-5,8-10H2,1H3. The molecule has 2 atom stereocenters. The molecule has 0 aliphatic carbocycles. The first kappa shape index (κ1) is 12.8. The van der Waals surface area contributed by atoms with Gasteiger partial charge in [0.1, 0.15) is 0 Å². The molecule has 1 aromatic carbocycles. The molecule has 2 fully saturated rings. The van der Waals surface area contributed by atoms with E-state index >= 15 is 0 Å². The fraction of sp³-hybridized carbons (Fsp3) is 0.500. The summed E-state index contributed by atoms with van der Waals surface area (Å²) >= 11 is 0. The van der Waals surface area contributed by atoms with E-state index in [0.717, 1.165) is 37.0 Å². The van der Waals surface area contributed by atoms with E-state index < -0.39 is 0 Å². The van der Waals surface area contributed by atoms with Crippen LogP contribution in [0.4, 0.5) is 0 Å². The lowest BCUT2D eigenvalue weighted by atomic mass is 9.91. The molecule has 5 heteroatoms. The van der Waals surface area contributed by atoms with E-state index in [4.69, 9.17) is 0 Å². The first-order chi connectivity index (χ1) is 10.3. The summed E-state index contributed by atoms with van der Waals surface area (Å²) in [5.41, 5.74) is 1.61. The molecule has 2 aliphatic rings. The van der Waals surface area contributed by atoms with Crippen molar-refractivity contribution in [3.05, 3.63) is 30.0 Å². The summed E-state index contributed by atoms with van der Waals surface area (Å²) in [6.07, 6.45) is 2.32. The summed E-state index contributed by atoms with van der Waals surface area (Å²) in [7, 11) is 1.90. The van der Waals surface area contributed by atoms with E-state index in [-0.39, 0.29) is 5.91 Å². The zero-order chi connectivity index (χ0) is 14.4. The molecule has 21 heavy (non-hydrogen) atoms. The van der Waals surface area contributed by atoms with Gasteiger partial charge in [0.2, 0.25) is 0 Å². The van der Waals surface area contributed by atoms with E-state index in [9.17, 15) is 4.79 Å². The van der Waals surface area contributed by atoms with Gasteiger partial charge in [0.05, 0.1) is 5.52 Å². The highest BCUT2D eigenvalue weighted by atomic mass is 16.2. The average molecular weight is 284 g/mol. The fourth-order valence-corrected chi connectivity index (χ4v) is 3.83. The number of rotatable bonds is 1. The quantitative estimate of drug-likeness (QED) is 0.861. The van der Waals surface area contributed by atoms with Crippen LogP contribution < -0.4 is 5.32 Å². The highest BCUT2D eigenvalue weighted by Gasteiger charge is 2.38. The Hall–Kier alpha value is -1.88. The van der Waals surface area contributed by atoms with Gasteiger partial charge in [0.25, 0.3) is 5.91 Å². The van der Waals surface area contributed by atoms with E-state index in [1.807, 2.05) is 36.2 Å². The highest BCUT2D eigenvalue weighted by molar-refractivity contribution is 6.05. The summed E-state index contributed by atoms with van der Waals surface area (Å²) in [5, 5.41) is 8.86. The number of carbonyl (C=O) groups excluding carboxylic acids is 1. The lowest BCUT2D eigenvalue weighted by Crippen LogP contribution is -2.48. The van der Waals surface area contributed by atoms with Crippen molar-refractivity contribution < 1.29 is 4.79 Å². The summed E-state index contributed by atoms with van der Waals surface area (Å²) in [6.45, 7) is 2.81. The van der Waals surface area contributed by atoms with Crippen molar-refractivity contribution in [2.45, 2.75) is 18.9 Å². The number of amides is 1. The van der Waals surface area contributed by atoms with Gasteiger partial charge in [-0.2, -0.15) is 5.10 Å². The van der Waals surface area contributed by atoms with Gasteiger partial charge in [-0.15, -0.1) is 0 Å². The minimum Gasteiger partial charge on any atom is -0.333 e. The number of aryl methyl sites for hydroxylation is 1. The number of carbonyl (C=O) groups is 1. The monoisotopic (exact) mass is 284 g/mol. The van der Waals surface area contributed by atoms with Gasteiger partial charge >= 0.3 is 0 Å². The molecule has 110 valence electrons. The molecule has 0 saturated carbocycles. The molecule has 2 aliphatic heterocycles. The molecule has 0 radical (unpaired) electrons. The van der Waals surface area contributed by atoms with E-state index in [1.165, 1.54) is 6.42 Å². The van der Waals surface area contributed by atoms with Crippen molar-refractivity contribution in [3.8, 4) is 0 Å². The Bertz CT molecular complexity index is 693. The van der Waals surface area contributed by atoms with Crippen molar-refractivity contribution in [1.82, 2.24) is 20.0 Å². The normalized spacial score (nSPS) is 25.3. The largest absolute Gasteiger partial charge is 0.333 e. The van der Waals surface area contributed by atoms with Crippen molar-refractivity contribution in [3.63, 3.8) is 0 Å². The maximum absolute atomic E-state index is 13.0. The minimum atomic E-state index is 0.0881. The molecule has 2 unspecified atom stereocenters. The van der Waals surface area contributed by atoms with Crippen molar-refractivity contribution in [2.75, 3.05) is 19.6 Å². The Balaban J connectivity index is 1.73. The first-order valence-corrected chi connectivity index (χ1v) is 7.69. The molecule has 1 aromatic heterocycles. The smallest absolute Gasteiger partial charge is 0.275 e. The van der Waals surface area contributed by atoms with Gasteiger partial charge in [-0.3, -0.25) is 9.48 Å². The van der Waals surface area contributed by atoms with Crippen LogP contribution in [0, 0.1) is 5.92 Å². The lowest BCUT2D eigenvalue weighted by molar-refractivity contribution is 0.0570. The molecule has 0 bridgehead atoms. The van der Waals surface area contributed by atoms with Crippen LogP contribution in [-0.2, 0) is 7.05 Å². The van der Waals surface area contributed by atoms with Gasteiger partial charge < -0.3 is 10.2 Å². The molecule has 4 rings (SSSR count). The zero-order valence-corrected chi connectivity index (χ0v) is 12.2. The number of piperidine rings is 1. The molecule has 2 saturated heterocycles. The van der Waals surface area contributed by atoms with Crippen molar-refractivity contribution >= 4 is 16.8 Å². The van der Waals surface area contributed by atoms with Crippen LogP contribution in [0.2, 0.25) is 0 Å². The number of likely N-dealkylation sites (tertiary alicyclic amines) is 1. The third-order valence-electron chi connectivity index (χ3n) is 4.90. The Labute approximate surface area is 123 Å². The molecule has 5 nitrogen and oxygen atoms in total. The number of nitrogens with zero attached hydrogens (tertiary/aromatic N) is 3. The molecule has 3 heterocycles. The van der Waals surface area contributed by atoms with Crippen LogP contribution in [0.1, 0.15) is 23.3 Å². The van der Waals surface area contributed by atoms with Gasteiger partial charge in [-0.05, 0) is 24.8 Å². The molecule has 1 N–H and O–H groups in total. The van der Waals surface area contributed by atoms with Crippen LogP contribution in [0.25, 0.3) is 10.9 Å². The SMILES string of the molecule is Cn1nc(C(=O)N2CCCC3CNCC32)c2ccccc21. The second-order valence-corrected chi connectivity index (χ2v) is 6.12. The molecule has 1 amide bonds. The highest BCUT2D eigenvalue weighted by Crippen LogP contribution is 2.29. The van der Waals surface area contributed by atoms with Crippen LogP contribution in [-0.4, -0.2) is 46.3 Å². The minimum absolute atomic E-state index is 0.0881. The van der Waals surface area contributed by atoms with Gasteiger partial charge in [-0.1, -0.05) is 18.2 Å². The number of para-hydroxylation sites is 1. The Morgan fingerprint density at radius 3 is 3.10 bits per heavy atom. The summed E-state index contributed by atoms with van der Waals surface area (Å²) in [5.74, 6) is 0.697. The maximum atomic E-state index is 13.0. The second-order valence-electron chi connectivity index (χ2n) is 6.12. The number of hydrogen-bond acceptors (Lipinski definition) is 3. The third-order valence-corrected chi connectivity index (χ3v) is 4.90. The van der Waals surface area contributed by atoms with Crippen LogP contribution in [0.15, 0.2) is 24.3 Å². The predicted octanol–water partition coefficient (Wildman–Crippen LogP) is 1.40. The van der Waals surface area contributed by atoms with E-state index in [2.05, 4.69) is 10.4 Å². The number of aromatic nitrogens is 2. The van der Waals surface area contributed by atoms with E-state index in [1.54, 1.807) is 4.68 Å². The van der Waals surface area contributed by atoms with Crippen molar-refractivity contribution in [2.24, 2.45) is 13.0 Å². The van der Waals surface area contributed by atoms with Crippen molar-refractivity contribution in [1.29, 1.82) is 0 Å². The fourth-order valence-electron chi connectivity index (χ4n) is 3.83. The Morgan fingerprint density at radius 2 is 2.19 bits per heavy atom.